The van der Waals surface area contributed by atoms with Crippen molar-refractivity contribution in [3.63, 3.8) is 0 Å². The number of carbonyl (C=O) groups is 1. The normalized spacial score (nSPS) is 12.4. The first-order valence-electron chi connectivity index (χ1n) is 3.99. The smallest absolute Gasteiger partial charge is 0.184 e. The first kappa shape index (κ1) is 10.9. The minimum absolute atomic E-state index is 0.0200. The number of rotatable bonds is 3. The molecule has 0 spiro atoms. The van der Waals surface area contributed by atoms with E-state index in [9.17, 15) is 9.90 Å². The van der Waals surface area contributed by atoms with Gasteiger partial charge in [-0.1, -0.05) is 0 Å². The van der Waals surface area contributed by atoms with Gasteiger partial charge in [-0.25, -0.2) is 0 Å². The fourth-order valence-electron chi connectivity index (χ4n) is 1.00. The Bertz CT molecular complexity index is 354. The molecule has 0 amide bonds. The molecule has 1 unspecified atom stereocenters. The molecule has 0 aliphatic heterocycles. The Morgan fingerprint density at radius 3 is 2.71 bits per heavy atom. The predicted molar refractivity (Wildman–Crippen MR) is 55.9 cm³/mol. The standard InChI is InChI=1S/C9H11NO3S/c10-7(4-14)9(13)6-3-5(11)1-2-8(6)12/h1-3,7,11-12,14H,4,10H2. The molecule has 0 radical (unpaired) electrons. The van der Waals surface area contributed by atoms with Crippen molar-refractivity contribution in [3.8, 4) is 11.5 Å². The van der Waals surface area contributed by atoms with E-state index in [0.29, 0.717) is 0 Å². The molecule has 5 heteroatoms. The van der Waals surface area contributed by atoms with Crippen LogP contribution in [0.2, 0.25) is 0 Å². The highest BCUT2D eigenvalue weighted by Crippen LogP contribution is 2.23. The summed E-state index contributed by atoms with van der Waals surface area (Å²) < 4.78 is 0. The Balaban J connectivity index is 3.06. The van der Waals surface area contributed by atoms with Crippen molar-refractivity contribution in [2.45, 2.75) is 6.04 Å². The molecule has 1 rings (SSSR count). The van der Waals surface area contributed by atoms with Gasteiger partial charge in [-0.15, -0.1) is 0 Å². The molecule has 0 fully saturated rings. The fraction of sp³-hybridized carbons (Fsp3) is 0.222. The van der Waals surface area contributed by atoms with Crippen molar-refractivity contribution in [2.24, 2.45) is 5.73 Å². The van der Waals surface area contributed by atoms with Crippen molar-refractivity contribution < 1.29 is 15.0 Å². The number of nitrogens with two attached hydrogens (primary N) is 1. The zero-order valence-electron chi connectivity index (χ0n) is 7.34. The van der Waals surface area contributed by atoms with Crippen LogP contribution in [0.5, 0.6) is 11.5 Å². The minimum Gasteiger partial charge on any atom is -0.508 e. The largest absolute Gasteiger partial charge is 0.508 e. The lowest BCUT2D eigenvalue weighted by molar-refractivity contribution is 0.0967. The Morgan fingerprint density at radius 2 is 2.14 bits per heavy atom. The summed E-state index contributed by atoms with van der Waals surface area (Å²) >= 11 is 3.88. The zero-order chi connectivity index (χ0) is 10.7. The molecule has 1 atom stereocenters. The van der Waals surface area contributed by atoms with Gasteiger partial charge in [-0.05, 0) is 18.2 Å². The van der Waals surface area contributed by atoms with Gasteiger partial charge in [0.05, 0.1) is 11.6 Å². The molecule has 4 nitrogen and oxygen atoms in total. The maximum atomic E-state index is 11.5. The van der Waals surface area contributed by atoms with E-state index in [1.54, 1.807) is 0 Å². The fourth-order valence-corrected chi connectivity index (χ4v) is 1.17. The molecule has 14 heavy (non-hydrogen) atoms. The van der Waals surface area contributed by atoms with Crippen LogP contribution < -0.4 is 5.73 Å². The highest BCUT2D eigenvalue weighted by atomic mass is 32.1. The van der Waals surface area contributed by atoms with Crippen LogP contribution in [0.15, 0.2) is 18.2 Å². The lowest BCUT2D eigenvalue weighted by Gasteiger charge is -2.08. The summed E-state index contributed by atoms with van der Waals surface area (Å²) in [7, 11) is 0. The van der Waals surface area contributed by atoms with Crippen LogP contribution in [0, 0.1) is 0 Å². The average Bonchev–Trinajstić information content (AvgIpc) is 2.19. The maximum Gasteiger partial charge on any atom is 0.184 e. The quantitative estimate of drug-likeness (QED) is 0.335. The Kier molecular flexibility index (Phi) is 3.38. The highest BCUT2D eigenvalue weighted by Gasteiger charge is 2.17. The molecule has 0 saturated carbocycles. The van der Waals surface area contributed by atoms with E-state index in [2.05, 4.69) is 12.6 Å². The van der Waals surface area contributed by atoms with E-state index in [-0.39, 0.29) is 22.8 Å². The van der Waals surface area contributed by atoms with Crippen molar-refractivity contribution in [2.75, 3.05) is 5.75 Å². The summed E-state index contributed by atoms with van der Waals surface area (Å²) in [5.74, 6) is -0.524. The number of ketones is 1. The number of thiol groups is 1. The molecule has 0 aliphatic carbocycles. The predicted octanol–water partition coefficient (Wildman–Crippen LogP) is 0.538. The molecule has 0 bridgehead atoms. The monoisotopic (exact) mass is 213 g/mol. The van der Waals surface area contributed by atoms with Crippen LogP contribution in [0.4, 0.5) is 0 Å². The van der Waals surface area contributed by atoms with E-state index in [0.717, 1.165) is 0 Å². The topological polar surface area (TPSA) is 83.6 Å². The van der Waals surface area contributed by atoms with Gasteiger partial charge in [0.1, 0.15) is 11.5 Å². The minimum atomic E-state index is -0.772. The number of aromatic hydroxyl groups is 2. The lowest BCUT2D eigenvalue weighted by Crippen LogP contribution is -2.32. The van der Waals surface area contributed by atoms with Crippen LogP contribution in [-0.2, 0) is 0 Å². The first-order chi connectivity index (χ1) is 6.56. The number of phenolic OH excluding ortho intramolecular Hbond substituents is 2. The third-order valence-corrected chi connectivity index (χ3v) is 2.17. The van der Waals surface area contributed by atoms with Gasteiger partial charge in [0.15, 0.2) is 5.78 Å². The summed E-state index contributed by atoms with van der Waals surface area (Å²) in [5, 5.41) is 18.5. The summed E-state index contributed by atoms with van der Waals surface area (Å²) in [6.07, 6.45) is 0. The van der Waals surface area contributed by atoms with Gasteiger partial charge < -0.3 is 15.9 Å². The molecular weight excluding hydrogens is 202 g/mol. The van der Waals surface area contributed by atoms with E-state index in [4.69, 9.17) is 10.8 Å². The number of phenols is 2. The number of Topliss-reactive ketones (excluding diaryl/α,β-unsaturated/α-hetero) is 1. The van der Waals surface area contributed by atoms with E-state index < -0.39 is 11.8 Å². The van der Waals surface area contributed by atoms with Gasteiger partial charge in [0.2, 0.25) is 0 Å². The van der Waals surface area contributed by atoms with Gasteiger partial charge in [-0.2, -0.15) is 12.6 Å². The van der Waals surface area contributed by atoms with Gasteiger partial charge in [-0.3, -0.25) is 4.79 Å². The third-order valence-electron chi connectivity index (χ3n) is 1.78. The second-order valence-corrected chi connectivity index (χ2v) is 3.22. The van der Waals surface area contributed by atoms with Crippen LogP contribution in [-0.4, -0.2) is 27.8 Å². The molecule has 0 heterocycles. The Labute approximate surface area is 86.8 Å². The molecule has 1 aromatic rings. The summed E-state index contributed by atoms with van der Waals surface area (Å²) in [5.41, 5.74) is 5.47. The van der Waals surface area contributed by atoms with Crippen LogP contribution in [0.3, 0.4) is 0 Å². The van der Waals surface area contributed by atoms with Crippen molar-refractivity contribution in [3.05, 3.63) is 23.8 Å². The van der Waals surface area contributed by atoms with Crippen molar-refractivity contribution in [1.82, 2.24) is 0 Å². The van der Waals surface area contributed by atoms with Crippen LogP contribution in [0.25, 0.3) is 0 Å². The molecule has 0 aromatic heterocycles. The Hall–Kier alpha value is -1.20. The molecular formula is C9H11NO3S. The second-order valence-electron chi connectivity index (χ2n) is 2.85. The lowest BCUT2D eigenvalue weighted by atomic mass is 10.0. The summed E-state index contributed by atoms with van der Waals surface area (Å²) in [4.78, 5) is 11.5. The van der Waals surface area contributed by atoms with Gasteiger partial charge in [0, 0.05) is 5.75 Å². The third kappa shape index (κ3) is 2.18. The maximum absolute atomic E-state index is 11.5. The SMILES string of the molecule is NC(CS)C(=O)c1cc(O)ccc1O. The molecule has 76 valence electrons. The van der Waals surface area contributed by atoms with E-state index in [1.807, 2.05) is 0 Å². The van der Waals surface area contributed by atoms with Crippen molar-refractivity contribution in [1.29, 1.82) is 0 Å². The number of carbonyl (C=O) groups excluding carboxylic acids is 1. The second kappa shape index (κ2) is 4.34. The van der Waals surface area contributed by atoms with Crippen LogP contribution >= 0.6 is 12.6 Å². The van der Waals surface area contributed by atoms with E-state index >= 15 is 0 Å². The number of benzene rings is 1. The average molecular weight is 213 g/mol. The van der Waals surface area contributed by atoms with Crippen LogP contribution in [0.1, 0.15) is 10.4 Å². The van der Waals surface area contributed by atoms with Gasteiger partial charge in [0.25, 0.3) is 0 Å². The zero-order valence-corrected chi connectivity index (χ0v) is 8.24. The number of hydrogen-bond donors (Lipinski definition) is 4. The molecule has 0 aliphatic rings. The summed E-state index contributed by atoms with van der Waals surface area (Å²) in [6.45, 7) is 0. The molecule has 4 N–H and O–H groups in total. The Morgan fingerprint density at radius 1 is 1.50 bits per heavy atom. The van der Waals surface area contributed by atoms with E-state index in [1.165, 1.54) is 18.2 Å². The molecule has 1 aromatic carbocycles. The highest BCUT2D eigenvalue weighted by molar-refractivity contribution is 7.80. The first-order valence-corrected chi connectivity index (χ1v) is 4.62. The van der Waals surface area contributed by atoms with Crippen molar-refractivity contribution >= 4 is 18.4 Å². The van der Waals surface area contributed by atoms with Gasteiger partial charge >= 0.3 is 0 Å². The number of hydrogen-bond acceptors (Lipinski definition) is 5. The summed E-state index contributed by atoms with van der Waals surface area (Å²) in [6, 6.07) is 2.94. The molecule has 0 saturated heterocycles.